The molecule has 98 valence electrons. The monoisotopic (exact) mass is 292 g/mol. The van der Waals surface area contributed by atoms with Gasteiger partial charge in [-0.05, 0) is 12.1 Å². The average molecular weight is 293 g/mol. The van der Waals surface area contributed by atoms with E-state index in [0.29, 0.717) is 10.0 Å². The van der Waals surface area contributed by atoms with Crippen LogP contribution in [0.1, 0.15) is 10.4 Å². The third-order valence-electron chi connectivity index (χ3n) is 2.05. The molecule has 0 heterocycles. The van der Waals surface area contributed by atoms with Gasteiger partial charge in [0.2, 0.25) is 0 Å². The van der Waals surface area contributed by atoms with Crippen LogP contribution in [0.25, 0.3) is 0 Å². The first kappa shape index (κ1) is 14.5. The molecule has 0 saturated heterocycles. The highest BCUT2D eigenvalue weighted by molar-refractivity contribution is 6.41. The molecule has 0 unspecified atom stereocenters. The highest BCUT2D eigenvalue weighted by atomic mass is 35.5. The molecule has 18 heavy (non-hydrogen) atoms. The van der Waals surface area contributed by atoms with Gasteiger partial charge in [0.1, 0.15) is 5.69 Å². The van der Waals surface area contributed by atoms with E-state index in [2.05, 4.69) is 0 Å². The number of aromatic carboxylic acids is 1. The van der Waals surface area contributed by atoms with Crippen LogP contribution in [-0.2, 0) is 0 Å². The molecular formula is C9H10Cl2N4O3. The van der Waals surface area contributed by atoms with E-state index in [4.69, 9.17) is 40.0 Å². The number of halogens is 2. The lowest BCUT2D eigenvalue weighted by molar-refractivity contribution is 0.0697. The van der Waals surface area contributed by atoms with Gasteiger partial charge in [-0.2, -0.15) is 0 Å². The number of carboxylic acids is 1. The van der Waals surface area contributed by atoms with Crippen LogP contribution in [0.3, 0.4) is 0 Å². The molecule has 0 aliphatic carbocycles. The summed E-state index contributed by atoms with van der Waals surface area (Å²) in [6.07, 6.45) is 0. The smallest absolute Gasteiger partial charge is 0.352 e. The van der Waals surface area contributed by atoms with Crippen molar-refractivity contribution in [2.75, 3.05) is 12.1 Å². The van der Waals surface area contributed by atoms with Gasteiger partial charge in [-0.1, -0.05) is 23.2 Å². The van der Waals surface area contributed by atoms with Crippen molar-refractivity contribution in [1.82, 2.24) is 5.01 Å². The lowest BCUT2D eigenvalue weighted by atomic mass is 10.2. The van der Waals surface area contributed by atoms with Crippen LogP contribution < -0.4 is 16.7 Å². The SMILES string of the molecule is CN(N)C(=O)N(N)c1c(Cl)ccc(C(=O)O)c1Cl. The van der Waals surface area contributed by atoms with Crippen LogP contribution in [-0.4, -0.2) is 29.2 Å². The zero-order valence-electron chi connectivity index (χ0n) is 9.22. The van der Waals surface area contributed by atoms with Crippen molar-refractivity contribution in [3.63, 3.8) is 0 Å². The molecule has 0 aliphatic rings. The molecule has 0 spiro atoms. The second kappa shape index (κ2) is 5.40. The molecule has 0 saturated carbocycles. The van der Waals surface area contributed by atoms with Crippen LogP contribution in [0, 0.1) is 0 Å². The van der Waals surface area contributed by atoms with E-state index in [1.807, 2.05) is 0 Å². The fourth-order valence-electron chi connectivity index (χ4n) is 1.19. The van der Waals surface area contributed by atoms with Gasteiger partial charge >= 0.3 is 12.0 Å². The van der Waals surface area contributed by atoms with E-state index < -0.39 is 12.0 Å². The van der Waals surface area contributed by atoms with Crippen molar-refractivity contribution in [2.24, 2.45) is 11.7 Å². The fourth-order valence-corrected chi connectivity index (χ4v) is 1.83. The van der Waals surface area contributed by atoms with Crippen molar-refractivity contribution in [2.45, 2.75) is 0 Å². The van der Waals surface area contributed by atoms with Gasteiger partial charge in [0.25, 0.3) is 0 Å². The van der Waals surface area contributed by atoms with Gasteiger partial charge in [-0.25, -0.2) is 26.3 Å². The summed E-state index contributed by atoms with van der Waals surface area (Å²) in [6, 6.07) is 1.68. The Morgan fingerprint density at radius 3 is 2.28 bits per heavy atom. The molecule has 0 fully saturated rings. The number of benzene rings is 1. The van der Waals surface area contributed by atoms with Crippen molar-refractivity contribution in [1.29, 1.82) is 0 Å². The van der Waals surface area contributed by atoms with Crippen LogP contribution in [0.4, 0.5) is 10.5 Å². The highest BCUT2D eigenvalue weighted by Gasteiger charge is 2.23. The molecule has 1 rings (SSSR count). The number of urea groups is 1. The maximum atomic E-state index is 11.6. The summed E-state index contributed by atoms with van der Waals surface area (Å²) >= 11 is 11.7. The zero-order valence-corrected chi connectivity index (χ0v) is 10.7. The Morgan fingerprint density at radius 1 is 1.28 bits per heavy atom. The minimum atomic E-state index is -1.26. The molecule has 9 heteroatoms. The maximum absolute atomic E-state index is 11.6. The first-order valence-electron chi connectivity index (χ1n) is 4.55. The number of carboxylic acid groups (broad SMARTS) is 1. The number of carbonyl (C=O) groups is 2. The lowest BCUT2D eigenvalue weighted by Crippen LogP contribution is -2.48. The van der Waals surface area contributed by atoms with Crippen molar-refractivity contribution >= 4 is 40.9 Å². The van der Waals surface area contributed by atoms with E-state index in [-0.39, 0.29) is 21.3 Å². The van der Waals surface area contributed by atoms with Gasteiger partial charge in [0, 0.05) is 7.05 Å². The molecule has 0 aromatic heterocycles. The maximum Gasteiger partial charge on any atom is 0.352 e. The van der Waals surface area contributed by atoms with Gasteiger partial charge in [-0.15, -0.1) is 0 Å². The Balaban J connectivity index is 3.35. The predicted octanol–water partition coefficient (Wildman–Crippen LogP) is 1.30. The number of carbonyl (C=O) groups excluding carboxylic acids is 1. The Kier molecular flexibility index (Phi) is 4.36. The first-order valence-corrected chi connectivity index (χ1v) is 5.31. The number of nitrogens with zero attached hydrogens (tertiary/aromatic N) is 2. The standard InChI is InChI=1S/C9H10Cl2N4O3/c1-14(12)9(18)15(13)7-5(10)3-2-4(6(7)11)8(16)17/h2-3H,12-13H2,1H3,(H,16,17). The van der Waals surface area contributed by atoms with Crippen LogP contribution in [0.5, 0.6) is 0 Å². The first-order chi connectivity index (χ1) is 8.27. The van der Waals surface area contributed by atoms with E-state index in [1.165, 1.54) is 19.2 Å². The Hall–Kier alpha value is -1.54. The normalized spacial score (nSPS) is 10.1. The number of amides is 2. The van der Waals surface area contributed by atoms with Gasteiger partial charge in [0.15, 0.2) is 0 Å². The van der Waals surface area contributed by atoms with Gasteiger partial charge in [-0.3, -0.25) is 5.01 Å². The summed E-state index contributed by atoms with van der Waals surface area (Å²) in [5, 5.41) is 9.98. The molecule has 2 amide bonds. The second-order valence-corrected chi connectivity index (χ2v) is 4.11. The van der Waals surface area contributed by atoms with Crippen LogP contribution in [0.2, 0.25) is 10.0 Å². The Morgan fingerprint density at radius 2 is 1.83 bits per heavy atom. The van der Waals surface area contributed by atoms with Crippen molar-refractivity contribution < 1.29 is 14.7 Å². The van der Waals surface area contributed by atoms with E-state index in [9.17, 15) is 9.59 Å². The molecule has 7 nitrogen and oxygen atoms in total. The fraction of sp³-hybridized carbons (Fsp3) is 0.111. The third kappa shape index (κ3) is 2.65. The third-order valence-corrected chi connectivity index (χ3v) is 2.73. The highest BCUT2D eigenvalue weighted by Crippen LogP contribution is 2.35. The molecule has 0 atom stereocenters. The Labute approximate surface area is 112 Å². The number of nitrogens with two attached hydrogens (primary N) is 2. The summed E-state index contributed by atoms with van der Waals surface area (Å²) in [5.41, 5.74) is -0.348. The summed E-state index contributed by atoms with van der Waals surface area (Å²) in [5.74, 6) is 9.48. The van der Waals surface area contributed by atoms with E-state index >= 15 is 0 Å². The second-order valence-electron chi connectivity index (χ2n) is 3.33. The summed E-state index contributed by atoms with van der Waals surface area (Å²) in [6.45, 7) is 0. The number of rotatable bonds is 2. The summed E-state index contributed by atoms with van der Waals surface area (Å²) < 4.78 is 0. The quantitative estimate of drug-likeness (QED) is 0.432. The summed E-state index contributed by atoms with van der Waals surface area (Å²) in [4.78, 5) is 22.5. The molecule has 0 radical (unpaired) electrons. The minimum absolute atomic E-state index is 0.0303. The van der Waals surface area contributed by atoms with E-state index in [0.717, 1.165) is 0 Å². The van der Waals surface area contributed by atoms with E-state index in [1.54, 1.807) is 0 Å². The Bertz CT molecular complexity index is 507. The molecule has 0 bridgehead atoms. The predicted molar refractivity (Wildman–Crippen MR) is 67.4 cm³/mol. The number of anilines is 1. The topological polar surface area (TPSA) is 113 Å². The molecule has 1 aromatic rings. The largest absolute Gasteiger partial charge is 0.478 e. The van der Waals surface area contributed by atoms with Crippen molar-refractivity contribution in [3.8, 4) is 0 Å². The van der Waals surface area contributed by atoms with Gasteiger partial charge < -0.3 is 5.11 Å². The average Bonchev–Trinajstić information content (AvgIpc) is 2.27. The molecule has 5 N–H and O–H groups in total. The van der Waals surface area contributed by atoms with Crippen LogP contribution in [0.15, 0.2) is 12.1 Å². The number of hydrogen-bond donors (Lipinski definition) is 3. The summed E-state index contributed by atoms with van der Waals surface area (Å²) in [7, 11) is 1.27. The molecule has 1 aromatic carbocycles. The van der Waals surface area contributed by atoms with Gasteiger partial charge in [0.05, 0.1) is 15.6 Å². The number of hydrogen-bond acceptors (Lipinski definition) is 4. The minimum Gasteiger partial charge on any atom is -0.478 e. The zero-order chi connectivity index (χ0) is 14.0. The lowest BCUT2D eigenvalue weighted by Gasteiger charge is -2.23. The number of hydrazine groups is 2. The van der Waals surface area contributed by atoms with Crippen molar-refractivity contribution in [3.05, 3.63) is 27.7 Å². The molecule has 0 aliphatic heterocycles. The van der Waals surface area contributed by atoms with Crippen LogP contribution >= 0.6 is 23.2 Å². The molecular weight excluding hydrogens is 283 g/mol.